The van der Waals surface area contributed by atoms with Gasteiger partial charge in [0.1, 0.15) is 18.1 Å². The number of hydrogen-bond acceptors (Lipinski definition) is 7. The van der Waals surface area contributed by atoms with E-state index in [1.54, 1.807) is 12.1 Å². The molecule has 1 fully saturated rings. The smallest absolute Gasteiger partial charge is 0.265 e. The third-order valence-corrected chi connectivity index (χ3v) is 6.72. The molecule has 2 aliphatic rings. The molecule has 1 N–H and O–H groups in total. The van der Waals surface area contributed by atoms with Gasteiger partial charge >= 0.3 is 0 Å². The van der Waals surface area contributed by atoms with Crippen molar-refractivity contribution in [3.05, 3.63) is 42.4 Å². The zero-order chi connectivity index (χ0) is 21.1. The van der Waals surface area contributed by atoms with E-state index in [2.05, 4.69) is 5.32 Å². The van der Waals surface area contributed by atoms with Crippen LogP contribution in [0.3, 0.4) is 0 Å². The number of anilines is 1. The zero-order valence-corrected chi connectivity index (χ0v) is 16.9. The minimum atomic E-state index is -3.76. The van der Waals surface area contributed by atoms with Gasteiger partial charge in [-0.05, 0) is 30.3 Å². The van der Waals surface area contributed by atoms with Crippen molar-refractivity contribution in [3.63, 3.8) is 0 Å². The van der Waals surface area contributed by atoms with E-state index >= 15 is 0 Å². The van der Waals surface area contributed by atoms with Crippen LogP contribution in [0.15, 0.2) is 45.9 Å². The molecule has 0 unspecified atom stereocenters. The summed E-state index contributed by atoms with van der Waals surface area (Å²) < 4.78 is 43.0. The van der Waals surface area contributed by atoms with Gasteiger partial charge in [-0.15, -0.1) is 0 Å². The van der Waals surface area contributed by atoms with Gasteiger partial charge in [0.25, 0.3) is 5.91 Å². The van der Waals surface area contributed by atoms with Gasteiger partial charge < -0.3 is 19.2 Å². The number of carbonyl (C=O) groups is 2. The standard InChI is InChI=1S/C19H21N3O7S/c23-18(20-11-14-2-1-7-28-14)12-22-16-10-15(3-4-17(16)29-13-19(22)24)30(25,26)21-5-8-27-9-6-21/h1-4,7,10H,5-6,8-9,11-13H2,(H,20,23). The van der Waals surface area contributed by atoms with Crippen LogP contribution < -0.4 is 15.0 Å². The maximum absolute atomic E-state index is 13.0. The van der Waals surface area contributed by atoms with Crippen molar-refractivity contribution in [2.45, 2.75) is 11.4 Å². The molecule has 0 radical (unpaired) electrons. The van der Waals surface area contributed by atoms with Crippen molar-refractivity contribution in [1.82, 2.24) is 9.62 Å². The molecule has 0 bridgehead atoms. The average molecular weight is 435 g/mol. The topological polar surface area (TPSA) is 118 Å². The van der Waals surface area contributed by atoms with Gasteiger partial charge in [0, 0.05) is 13.1 Å². The number of rotatable bonds is 6. The Morgan fingerprint density at radius 1 is 1.17 bits per heavy atom. The maximum atomic E-state index is 13.0. The van der Waals surface area contributed by atoms with Crippen LogP contribution in [0, 0.1) is 0 Å². The highest BCUT2D eigenvalue weighted by Gasteiger charge is 2.31. The summed E-state index contributed by atoms with van der Waals surface area (Å²) >= 11 is 0. The number of sulfonamides is 1. The number of amides is 2. The van der Waals surface area contributed by atoms with E-state index in [1.807, 2.05) is 0 Å². The van der Waals surface area contributed by atoms with Crippen LogP contribution in [-0.4, -0.2) is 64.0 Å². The first-order chi connectivity index (χ1) is 14.4. The third-order valence-electron chi connectivity index (χ3n) is 4.82. The Labute approximate surface area is 173 Å². The molecule has 1 aromatic heterocycles. The second kappa shape index (κ2) is 8.46. The summed E-state index contributed by atoms with van der Waals surface area (Å²) in [5, 5.41) is 2.67. The highest BCUT2D eigenvalue weighted by Crippen LogP contribution is 2.35. The largest absolute Gasteiger partial charge is 0.482 e. The molecular weight excluding hydrogens is 414 g/mol. The number of carbonyl (C=O) groups excluding carboxylic acids is 2. The molecule has 1 saturated heterocycles. The fourth-order valence-corrected chi connectivity index (χ4v) is 4.68. The van der Waals surface area contributed by atoms with Crippen LogP contribution in [0.25, 0.3) is 0 Å². The molecule has 0 aliphatic carbocycles. The molecule has 0 saturated carbocycles. The van der Waals surface area contributed by atoms with E-state index in [0.29, 0.717) is 24.7 Å². The minimum absolute atomic E-state index is 0.0300. The number of nitrogens with one attached hydrogen (secondary N) is 1. The molecule has 0 spiro atoms. The number of fused-ring (bicyclic) bond motifs is 1. The predicted molar refractivity (Wildman–Crippen MR) is 104 cm³/mol. The number of nitrogens with zero attached hydrogens (tertiary/aromatic N) is 2. The Morgan fingerprint density at radius 2 is 1.97 bits per heavy atom. The fourth-order valence-electron chi connectivity index (χ4n) is 3.25. The summed E-state index contributed by atoms with van der Waals surface area (Å²) in [6.07, 6.45) is 1.50. The van der Waals surface area contributed by atoms with Gasteiger partial charge in [-0.2, -0.15) is 4.31 Å². The normalized spacial score (nSPS) is 17.3. The van der Waals surface area contributed by atoms with Crippen LogP contribution >= 0.6 is 0 Å². The van der Waals surface area contributed by atoms with Gasteiger partial charge in [0.05, 0.1) is 36.6 Å². The summed E-state index contributed by atoms with van der Waals surface area (Å²) in [4.78, 5) is 26.0. The van der Waals surface area contributed by atoms with Gasteiger partial charge in [0.2, 0.25) is 15.9 Å². The monoisotopic (exact) mass is 435 g/mol. The highest BCUT2D eigenvalue weighted by atomic mass is 32.2. The first-order valence-corrected chi connectivity index (χ1v) is 10.8. The quantitative estimate of drug-likeness (QED) is 0.695. The predicted octanol–water partition coefficient (Wildman–Crippen LogP) is 0.342. The van der Waals surface area contributed by atoms with E-state index in [0.717, 1.165) is 0 Å². The maximum Gasteiger partial charge on any atom is 0.265 e. The lowest BCUT2D eigenvalue weighted by molar-refractivity contribution is -0.125. The highest BCUT2D eigenvalue weighted by molar-refractivity contribution is 7.89. The van der Waals surface area contributed by atoms with E-state index < -0.39 is 21.8 Å². The van der Waals surface area contributed by atoms with Gasteiger partial charge in [-0.25, -0.2) is 8.42 Å². The average Bonchev–Trinajstić information content (AvgIpc) is 3.28. The first kappa shape index (κ1) is 20.4. The molecule has 2 aromatic rings. The first-order valence-electron chi connectivity index (χ1n) is 9.39. The van der Waals surface area contributed by atoms with E-state index in [-0.39, 0.29) is 43.4 Å². The lowest BCUT2D eigenvalue weighted by atomic mass is 10.2. The Bertz CT molecular complexity index is 1030. The van der Waals surface area contributed by atoms with E-state index in [1.165, 1.54) is 33.7 Å². The molecule has 2 aliphatic heterocycles. The molecule has 3 heterocycles. The SMILES string of the molecule is O=C(CN1C(=O)COc2ccc(S(=O)(=O)N3CCOCC3)cc21)NCc1ccco1. The van der Waals surface area contributed by atoms with E-state index in [4.69, 9.17) is 13.9 Å². The Balaban J connectivity index is 1.54. The Kier molecular flexibility index (Phi) is 5.75. The molecule has 11 heteroatoms. The van der Waals surface area contributed by atoms with Crippen molar-refractivity contribution in [1.29, 1.82) is 0 Å². The van der Waals surface area contributed by atoms with Gasteiger partial charge in [0.15, 0.2) is 6.61 Å². The van der Waals surface area contributed by atoms with Crippen LogP contribution in [0.1, 0.15) is 5.76 Å². The van der Waals surface area contributed by atoms with Crippen LogP contribution in [0.4, 0.5) is 5.69 Å². The van der Waals surface area contributed by atoms with Gasteiger partial charge in [-0.3, -0.25) is 14.5 Å². The molecule has 160 valence electrons. The Morgan fingerprint density at radius 3 is 2.70 bits per heavy atom. The van der Waals surface area contributed by atoms with Crippen molar-refractivity contribution >= 4 is 27.5 Å². The summed E-state index contributed by atoms with van der Waals surface area (Å²) in [5.41, 5.74) is 0.244. The second-order valence-corrected chi connectivity index (χ2v) is 8.71. The van der Waals surface area contributed by atoms with Gasteiger partial charge in [-0.1, -0.05) is 0 Å². The minimum Gasteiger partial charge on any atom is -0.482 e. The summed E-state index contributed by atoms with van der Waals surface area (Å²) in [5.74, 6) is 0.0796. The number of hydrogen-bond donors (Lipinski definition) is 1. The number of ether oxygens (including phenoxy) is 2. The van der Waals surface area contributed by atoms with Crippen LogP contribution in [-0.2, 0) is 30.9 Å². The molecule has 30 heavy (non-hydrogen) atoms. The molecule has 1 aromatic carbocycles. The summed E-state index contributed by atoms with van der Waals surface area (Å²) in [7, 11) is -3.76. The number of benzene rings is 1. The number of furan rings is 1. The van der Waals surface area contributed by atoms with Crippen molar-refractivity contribution in [2.75, 3.05) is 44.4 Å². The van der Waals surface area contributed by atoms with E-state index in [9.17, 15) is 18.0 Å². The van der Waals surface area contributed by atoms with Crippen LogP contribution in [0.5, 0.6) is 5.75 Å². The third kappa shape index (κ3) is 4.18. The Hall–Kier alpha value is -2.89. The lowest BCUT2D eigenvalue weighted by Gasteiger charge is -2.30. The summed E-state index contributed by atoms with van der Waals surface area (Å²) in [6, 6.07) is 7.74. The van der Waals surface area contributed by atoms with Crippen molar-refractivity contribution in [2.24, 2.45) is 0 Å². The van der Waals surface area contributed by atoms with Crippen molar-refractivity contribution in [3.8, 4) is 5.75 Å². The number of morpholine rings is 1. The fraction of sp³-hybridized carbons (Fsp3) is 0.368. The molecule has 10 nitrogen and oxygen atoms in total. The molecule has 0 atom stereocenters. The summed E-state index contributed by atoms with van der Waals surface area (Å²) in [6.45, 7) is 0.858. The van der Waals surface area contributed by atoms with Crippen molar-refractivity contribution < 1.29 is 31.9 Å². The van der Waals surface area contributed by atoms with Crippen LogP contribution in [0.2, 0.25) is 0 Å². The molecule has 4 rings (SSSR count). The zero-order valence-electron chi connectivity index (χ0n) is 16.1. The molecular formula is C19H21N3O7S. The lowest BCUT2D eigenvalue weighted by Crippen LogP contribution is -2.45. The molecule has 2 amide bonds. The second-order valence-electron chi connectivity index (χ2n) is 6.77.